The van der Waals surface area contributed by atoms with Crippen molar-refractivity contribution in [2.75, 3.05) is 21.3 Å². The maximum absolute atomic E-state index is 13.5. The predicted molar refractivity (Wildman–Crippen MR) is 131 cm³/mol. The Hall–Kier alpha value is -3.28. The first-order chi connectivity index (χ1) is 16.2. The Morgan fingerprint density at radius 3 is 1.97 bits per heavy atom. The standard InChI is InChI=1S/C28H33NO5/c1-28(2,3)19-9-7-16(8-10-19)17-11-21-26(22(30)12-17)20(15-25(31)29-21)18-13-23(32-4)27(34-6)24(14-18)33-5/h7-10,13-14,17,20H,11-12,15H2,1-6H3,(H,29,31)/t17-,20-/m0/s1. The van der Waals surface area contributed by atoms with E-state index in [2.05, 4.69) is 50.4 Å². The summed E-state index contributed by atoms with van der Waals surface area (Å²) in [5.41, 5.74) is 4.68. The molecule has 1 aliphatic carbocycles. The topological polar surface area (TPSA) is 73.9 Å². The van der Waals surface area contributed by atoms with Crippen LogP contribution in [-0.2, 0) is 15.0 Å². The lowest BCUT2D eigenvalue weighted by Gasteiger charge is -2.35. The van der Waals surface area contributed by atoms with E-state index in [-0.39, 0.29) is 35.4 Å². The fraction of sp³-hybridized carbons (Fsp3) is 0.429. The first kappa shape index (κ1) is 23.9. The van der Waals surface area contributed by atoms with Crippen LogP contribution in [-0.4, -0.2) is 33.0 Å². The summed E-state index contributed by atoms with van der Waals surface area (Å²) in [7, 11) is 4.66. The molecule has 0 aromatic heterocycles. The molecule has 2 atom stereocenters. The highest BCUT2D eigenvalue weighted by atomic mass is 16.5. The molecule has 0 bridgehead atoms. The van der Waals surface area contributed by atoms with E-state index in [1.807, 2.05) is 12.1 Å². The Balaban J connectivity index is 1.70. The molecule has 0 spiro atoms. The van der Waals surface area contributed by atoms with Crippen LogP contribution in [0, 0.1) is 0 Å². The highest BCUT2D eigenvalue weighted by Gasteiger charge is 2.39. The Labute approximate surface area is 201 Å². The summed E-state index contributed by atoms with van der Waals surface area (Å²) in [5, 5.41) is 3.00. The van der Waals surface area contributed by atoms with Crippen molar-refractivity contribution >= 4 is 11.7 Å². The SMILES string of the molecule is COc1cc([C@@H]2CC(=O)NC3=C2C(=O)C[C@@H](c2ccc(C(C)(C)C)cc2)C3)cc(OC)c1OC. The van der Waals surface area contributed by atoms with Gasteiger partial charge in [-0.3, -0.25) is 9.59 Å². The van der Waals surface area contributed by atoms with Gasteiger partial charge in [0.15, 0.2) is 17.3 Å². The lowest BCUT2D eigenvalue weighted by molar-refractivity contribution is -0.122. The third-order valence-electron chi connectivity index (χ3n) is 6.87. The van der Waals surface area contributed by atoms with Crippen molar-refractivity contribution in [3.63, 3.8) is 0 Å². The van der Waals surface area contributed by atoms with Gasteiger partial charge in [0.05, 0.1) is 21.3 Å². The molecule has 0 fully saturated rings. The Morgan fingerprint density at radius 2 is 1.44 bits per heavy atom. The zero-order chi connectivity index (χ0) is 24.6. The van der Waals surface area contributed by atoms with Gasteiger partial charge in [-0.25, -0.2) is 0 Å². The van der Waals surface area contributed by atoms with E-state index in [4.69, 9.17) is 14.2 Å². The van der Waals surface area contributed by atoms with Gasteiger partial charge < -0.3 is 19.5 Å². The van der Waals surface area contributed by atoms with Crippen molar-refractivity contribution < 1.29 is 23.8 Å². The van der Waals surface area contributed by atoms with Crippen molar-refractivity contribution in [2.24, 2.45) is 0 Å². The minimum absolute atomic E-state index is 0.0410. The maximum Gasteiger partial charge on any atom is 0.225 e. The van der Waals surface area contributed by atoms with Gasteiger partial charge in [-0.1, -0.05) is 45.0 Å². The summed E-state index contributed by atoms with van der Waals surface area (Å²) in [6, 6.07) is 12.2. The van der Waals surface area contributed by atoms with Gasteiger partial charge in [-0.2, -0.15) is 0 Å². The van der Waals surface area contributed by atoms with Crippen molar-refractivity contribution in [1.29, 1.82) is 0 Å². The van der Waals surface area contributed by atoms with Crippen molar-refractivity contribution in [3.05, 3.63) is 64.4 Å². The first-order valence-electron chi connectivity index (χ1n) is 11.6. The molecule has 2 aromatic carbocycles. The lowest BCUT2D eigenvalue weighted by atomic mass is 9.73. The summed E-state index contributed by atoms with van der Waals surface area (Å²) >= 11 is 0. The van der Waals surface area contributed by atoms with Gasteiger partial charge in [-0.05, 0) is 46.6 Å². The van der Waals surface area contributed by atoms with E-state index in [0.29, 0.717) is 35.7 Å². The van der Waals surface area contributed by atoms with Crippen LogP contribution in [0.1, 0.15) is 68.6 Å². The summed E-state index contributed by atoms with van der Waals surface area (Å²) in [6.07, 6.45) is 1.25. The van der Waals surface area contributed by atoms with Gasteiger partial charge in [0, 0.05) is 30.0 Å². The molecule has 0 unspecified atom stereocenters. The number of ketones is 1. The van der Waals surface area contributed by atoms with E-state index in [0.717, 1.165) is 16.8 Å². The third kappa shape index (κ3) is 4.41. The molecule has 6 heteroatoms. The van der Waals surface area contributed by atoms with Crippen molar-refractivity contribution in [3.8, 4) is 17.2 Å². The molecule has 6 nitrogen and oxygen atoms in total. The van der Waals surface area contributed by atoms with Crippen LogP contribution in [0.2, 0.25) is 0 Å². The zero-order valence-electron chi connectivity index (χ0n) is 20.8. The number of amides is 1. The normalized spacial score (nSPS) is 20.5. The van der Waals surface area contributed by atoms with Crippen LogP contribution in [0.5, 0.6) is 17.2 Å². The first-order valence-corrected chi connectivity index (χ1v) is 11.6. The van der Waals surface area contributed by atoms with E-state index < -0.39 is 0 Å². The van der Waals surface area contributed by atoms with Crippen LogP contribution >= 0.6 is 0 Å². The number of ether oxygens (including phenoxy) is 3. The number of hydrogen-bond donors (Lipinski definition) is 1. The van der Waals surface area contributed by atoms with Crippen LogP contribution in [0.3, 0.4) is 0 Å². The number of Topliss-reactive ketones (excluding diaryl/α,β-unsaturated/α-hetero) is 1. The maximum atomic E-state index is 13.5. The van der Waals surface area contributed by atoms with Crippen LogP contribution in [0.4, 0.5) is 0 Å². The molecule has 1 heterocycles. The average Bonchev–Trinajstić information content (AvgIpc) is 2.81. The van der Waals surface area contributed by atoms with Gasteiger partial charge in [0.2, 0.25) is 11.7 Å². The number of nitrogens with one attached hydrogen (secondary N) is 1. The van der Waals surface area contributed by atoms with E-state index in [9.17, 15) is 9.59 Å². The number of benzene rings is 2. The number of carbonyl (C=O) groups excluding carboxylic acids is 2. The molecule has 0 radical (unpaired) electrons. The highest BCUT2D eigenvalue weighted by molar-refractivity contribution is 6.02. The monoisotopic (exact) mass is 463 g/mol. The number of carbonyl (C=O) groups is 2. The van der Waals surface area contributed by atoms with Crippen LogP contribution in [0.15, 0.2) is 47.7 Å². The molecular formula is C28H33NO5. The van der Waals surface area contributed by atoms with Gasteiger partial charge in [0.1, 0.15) is 0 Å². The molecule has 1 amide bonds. The Morgan fingerprint density at radius 1 is 0.824 bits per heavy atom. The Bertz CT molecular complexity index is 1120. The molecule has 180 valence electrons. The summed E-state index contributed by atoms with van der Waals surface area (Å²) in [5.74, 6) is 1.17. The molecule has 2 aliphatic rings. The minimum Gasteiger partial charge on any atom is -0.493 e. The van der Waals surface area contributed by atoms with Gasteiger partial charge in [0.25, 0.3) is 0 Å². The third-order valence-corrected chi connectivity index (χ3v) is 6.87. The molecule has 1 aliphatic heterocycles. The fourth-order valence-corrected chi connectivity index (χ4v) is 5.04. The molecule has 0 saturated carbocycles. The predicted octanol–water partition coefficient (Wildman–Crippen LogP) is 5.01. The summed E-state index contributed by atoms with van der Waals surface area (Å²) in [4.78, 5) is 26.2. The lowest BCUT2D eigenvalue weighted by Crippen LogP contribution is -2.38. The van der Waals surface area contributed by atoms with Gasteiger partial charge >= 0.3 is 0 Å². The van der Waals surface area contributed by atoms with E-state index >= 15 is 0 Å². The number of methoxy groups -OCH3 is 3. The number of rotatable bonds is 5. The second kappa shape index (κ2) is 9.16. The van der Waals surface area contributed by atoms with Crippen molar-refractivity contribution in [1.82, 2.24) is 5.32 Å². The molecule has 2 aromatic rings. The summed E-state index contributed by atoms with van der Waals surface area (Å²) in [6.45, 7) is 6.55. The molecule has 1 N–H and O–H groups in total. The van der Waals surface area contributed by atoms with E-state index in [1.54, 1.807) is 21.3 Å². The van der Waals surface area contributed by atoms with Gasteiger partial charge in [-0.15, -0.1) is 0 Å². The summed E-state index contributed by atoms with van der Waals surface area (Å²) < 4.78 is 16.4. The van der Waals surface area contributed by atoms with Crippen LogP contribution < -0.4 is 19.5 Å². The largest absolute Gasteiger partial charge is 0.493 e. The second-order valence-corrected chi connectivity index (χ2v) is 10.1. The van der Waals surface area contributed by atoms with Crippen molar-refractivity contribution in [2.45, 2.75) is 57.3 Å². The quantitative estimate of drug-likeness (QED) is 0.674. The smallest absolute Gasteiger partial charge is 0.225 e. The molecule has 0 saturated heterocycles. The fourth-order valence-electron chi connectivity index (χ4n) is 5.04. The molecule has 4 rings (SSSR count). The second-order valence-electron chi connectivity index (χ2n) is 10.1. The van der Waals surface area contributed by atoms with E-state index in [1.165, 1.54) is 5.56 Å². The molecular weight excluding hydrogens is 430 g/mol. The number of allylic oxidation sites excluding steroid dienone is 2. The number of hydrogen-bond acceptors (Lipinski definition) is 5. The highest BCUT2D eigenvalue weighted by Crippen LogP contribution is 2.46. The van der Waals surface area contributed by atoms with Crippen LogP contribution in [0.25, 0.3) is 0 Å². The average molecular weight is 464 g/mol. The zero-order valence-corrected chi connectivity index (χ0v) is 20.8. The minimum atomic E-state index is -0.353. The Kier molecular flexibility index (Phi) is 6.43. The molecule has 34 heavy (non-hydrogen) atoms.